The summed E-state index contributed by atoms with van der Waals surface area (Å²) in [6.07, 6.45) is -0.365. The van der Waals surface area contributed by atoms with E-state index in [0.29, 0.717) is 19.6 Å². The van der Waals surface area contributed by atoms with Crippen molar-refractivity contribution in [3.05, 3.63) is 30.1 Å². The Morgan fingerprint density at radius 1 is 1.28 bits per heavy atom. The molecule has 0 unspecified atom stereocenters. The third-order valence-electron chi connectivity index (χ3n) is 4.22. The molecular weight excluding hydrogens is 353 g/mol. The summed E-state index contributed by atoms with van der Waals surface area (Å²) < 4.78 is 42.1. The van der Waals surface area contributed by atoms with Gasteiger partial charge in [0.2, 0.25) is 0 Å². The molecule has 0 spiro atoms. The van der Waals surface area contributed by atoms with Crippen LogP contribution in [0.3, 0.4) is 0 Å². The zero-order valence-electron chi connectivity index (χ0n) is 13.4. The lowest BCUT2D eigenvalue weighted by Gasteiger charge is -2.35. The number of hydrogen-bond acceptors (Lipinski definition) is 5. The summed E-state index contributed by atoms with van der Waals surface area (Å²) in [7, 11) is -3.60. The number of cyclic esters (lactones) is 1. The molecule has 10 heteroatoms. The van der Waals surface area contributed by atoms with Gasteiger partial charge in [-0.15, -0.1) is 0 Å². The Labute approximate surface area is 144 Å². The number of ether oxygens (including phenoxy) is 1. The molecule has 2 aliphatic heterocycles. The molecule has 1 aromatic carbocycles. The normalized spacial score (nSPS) is 20.2. The van der Waals surface area contributed by atoms with Crippen LogP contribution in [-0.2, 0) is 14.6 Å². The average molecular weight is 371 g/mol. The van der Waals surface area contributed by atoms with Crippen LogP contribution in [0.4, 0.5) is 14.0 Å². The SMILES string of the molecule is O=C(NCCS(=O)(=O)c1ccc(F)cc1)N1CCN2C(=O)OC[C@H]2C1. The summed E-state index contributed by atoms with van der Waals surface area (Å²) >= 11 is 0. The Balaban J connectivity index is 1.49. The lowest BCUT2D eigenvalue weighted by molar-refractivity contribution is 0.127. The van der Waals surface area contributed by atoms with Crippen LogP contribution < -0.4 is 5.32 Å². The maximum Gasteiger partial charge on any atom is 0.410 e. The van der Waals surface area contributed by atoms with Gasteiger partial charge in [0.05, 0.1) is 16.7 Å². The number of amides is 3. The summed E-state index contributed by atoms with van der Waals surface area (Å²) in [5, 5.41) is 2.57. The fraction of sp³-hybridized carbons (Fsp3) is 0.467. The van der Waals surface area contributed by atoms with Crippen LogP contribution >= 0.6 is 0 Å². The minimum atomic E-state index is -3.60. The smallest absolute Gasteiger partial charge is 0.410 e. The number of nitrogens with one attached hydrogen (secondary N) is 1. The molecule has 0 saturated carbocycles. The van der Waals surface area contributed by atoms with E-state index >= 15 is 0 Å². The highest BCUT2D eigenvalue weighted by Crippen LogP contribution is 2.17. The molecule has 3 amide bonds. The van der Waals surface area contributed by atoms with E-state index in [1.165, 1.54) is 17.0 Å². The van der Waals surface area contributed by atoms with Crippen molar-refractivity contribution in [3.63, 3.8) is 0 Å². The summed E-state index contributed by atoms with van der Waals surface area (Å²) in [6.45, 7) is 1.30. The van der Waals surface area contributed by atoms with Crippen LogP contribution in [0.5, 0.6) is 0 Å². The molecular formula is C15H18FN3O5S. The molecule has 0 aliphatic carbocycles. The topological polar surface area (TPSA) is 96.0 Å². The van der Waals surface area contributed by atoms with Crippen LogP contribution in [0.2, 0.25) is 0 Å². The second-order valence-electron chi connectivity index (χ2n) is 5.87. The summed E-state index contributed by atoms with van der Waals surface area (Å²) in [4.78, 5) is 26.7. The molecule has 2 aliphatic rings. The first-order valence-electron chi connectivity index (χ1n) is 7.81. The van der Waals surface area contributed by atoms with E-state index in [1.54, 1.807) is 4.90 Å². The predicted molar refractivity (Wildman–Crippen MR) is 85.3 cm³/mol. The number of carbonyl (C=O) groups excluding carboxylic acids is 2. The first-order valence-corrected chi connectivity index (χ1v) is 9.46. The van der Waals surface area contributed by atoms with Crippen LogP contribution in [0.1, 0.15) is 0 Å². The standard InChI is InChI=1S/C15H18FN3O5S/c16-11-1-3-13(4-2-11)25(22,23)8-5-17-14(20)18-6-7-19-12(9-18)10-24-15(19)21/h1-4,12H,5-10H2,(H,17,20)/t12-/m1/s1. The number of piperazine rings is 1. The Morgan fingerprint density at radius 3 is 2.72 bits per heavy atom. The maximum atomic E-state index is 12.9. The number of fused-ring (bicyclic) bond motifs is 1. The minimum absolute atomic E-state index is 0.0124. The van der Waals surface area contributed by atoms with Crippen molar-refractivity contribution < 1.29 is 27.1 Å². The molecule has 136 valence electrons. The Kier molecular flexibility index (Phi) is 4.80. The van der Waals surface area contributed by atoms with E-state index in [2.05, 4.69) is 5.32 Å². The fourth-order valence-electron chi connectivity index (χ4n) is 2.84. The molecule has 1 aromatic rings. The molecule has 2 heterocycles. The van der Waals surface area contributed by atoms with Gasteiger partial charge >= 0.3 is 12.1 Å². The third kappa shape index (κ3) is 3.84. The van der Waals surface area contributed by atoms with E-state index in [9.17, 15) is 22.4 Å². The Morgan fingerprint density at radius 2 is 2.00 bits per heavy atom. The Hall–Kier alpha value is -2.36. The van der Waals surface area contributed by atoms with Gasteiger partial charge in [0.25, 0.3) is 0 Å². The molecule has 2 fully saturated rings. The van der Waals surface area contributed by atoms with E-state index in [4.69, 9.17) is 4.74 Å². The monoisotopic (exact) mass is 371 g/mol. The van der Waals surface area contributed by atoms with Crippen LogP contribution in [0, 0.1) is 5.82 Å². The van der Waals surface area contributed by atoms with E-state index in [1.807, 2.05) is 0 Å². The number of benzene rings is 1. The van der Waals surface area contributed by atoms with Crippen molar-refractivity contribution in [2.45, 2.75) is 10.9 Å². The van der Waals surface area contributed by atoms with Crippen molar-refractivity contribution >= 4 is 22.0 Å². The number of hydrogen-bond donors (Lipinski definition) is 1. The molecule has 1 N–H and O–H groups in total. The zero-order valence-corrected chi connectivity index (χ0v) is 14.2. The highest BCUT2D eigenvalue weighted by atomic mass is 32.2. The van der Waals surface area contributed by atoms with Gasteiger partial charge in [0.1, 0.15) is 12.4 Å². The molecule has 1 atom stereocenters. The molecule has 2 saturated heterocycles. The van der Waals surface area contributed by atoms with Gasteiger partial charge in [-0.25, -0.2) is 22.4 Å². The number of nitrogens with zero attached hydrogens (tertiary/aromatic N) is 2. The second-order valence-corrected chi connectivity index (χ2v) is 7.98. The van der Waals surface area contributed by atoms with Gasteiger partial charge in [-0.3, -0.25) is 4.90 Å². The van der Waals surface area contributed by atoms with E-state index < -0.39 is 15.7 Å². The van der Waals surface area contributed by atoms with Gasteiger partial charge in [-0.2, -0.15) is 0 Å². The van der Waals surface area contributed by atoms with E-state index in [-0.39, 0.29) is 42.0 Å². The number of sulfone groups is 1. The van der Waals surface area contributed by atoms with Crippen molar-refractivity contribution in [3.8, 4) is 0 Å². The lowest BCUT2D eigenvalue weighted by atomic mass is 10.2. The highest BCUT2D eigenvalue weighted by molar-refractivity contribution is 7.91. The third-order valence-corrected chi connectivity index (χ3v) is 5.96. The maximum absolute atomic E-state index is 12.9. The first-order chi connectivity index (χ1) is 11.9. The van der Waals surface area contributed by atoms with Crippen molar-refractivity contribution in [2.75, 3.05) is 38.5 Å². The predicted octanol–water partition coefficient (Wildman–Crippen LogP) is 0.445. The number of carbonyl (C=O) groups is 2. The van der Waals surface area contributed by atoms with Gasteiger partial charge in [0.15, 0.2) is 9.84 Å². The molecule has 3 rings (SSSR count). The number of rotatable bonds is 4. The average Bonchev–Trinajstić information content (AvgIpc) is 2.95. The largest absolute Gasteiger partial charge is 0.447 e. The molecule has 0 aromatic heterocycles. The van der Waals surface area contributed by atoms with Crippen molar-refractivity contribution in [2.24, 2.45) is 0 Å². The van der Waals surface area contributed by atoms with Crippen molar-refractivity contribution in [1.82, 2.24) is 15.1 Å². The minimum Gasteiger partial charge on any atom is -0.447 e. The number of urea groups is 1. The van der Waals surface area contributed by atoms with Crippen LogP contribution in [0.15, 0.2) is 29.2 Å². The summed E-state index contributed by atoms with van der Waals surface area (Å²) in [5.41, 5.74) is 0. The summed E-state index contributed by atoms with van der Waals surface area (Å²) in [5.74, 6) is -0.796. The quantitative estimate of drug-likeness (QED) is 0.775. The first kappa shape index (κ1) is 17.5. The van der Waals surface area contributed by atoms with Gasteiger partial charge < -0.3 is 15.0 Å². The van der Waals surface area contributed by atoms with Gasteiger partial charge in [-0.05, 0) is 24.3 Å². The highest BCUT2D eigenvalue weighted by Gasteiger charge is 2.38. The van der Waals surface area contributed by atoms with Gasteiger partial charge in [-0.1, -0.05) is 0 Å². The van der Waals surface area contributed by atoms with Crippen LogP contribution in [0.25, 0.3) is 0 Å². The molecule has 8 nitrogen and oxygen atoms in total. The number of halogens is 1. The molecule has 25 heavy (non-hydrogen) atoms. The zero-order chi connectivity index (χ0) is 18.0. The molecule has 0 radical (unpaired) electrons. The molecule has 0 bridgehead atoms. The second kappa shape index (κ2) is 6.87. The van der Waals surface area contributed by atoms with E-state index in [0.717, 1.165) is 12.1 Å². The van der Waals surface area contributed by atoms with Crippen molar-refractivity contribution in [1.29, 1.82) is 0 Å². The Bertz CT molecular complexity index is 768. The lowest BCUT2D eigenvalue weighted by Crippen LogP contribution is -2.56. The van der Waals surface area contributed by atoms with Crippen LogP contribution in [-0.4, -0.2) is 74.9 Å². The van der Waals surface area contributed by atoms with Gasteiger partial charge in [0, 0.05) is 26.2 Å². The fourth-order valence-corrected chi connectivity index (χ4v) is 3.99. The summed E-state index contributed by atoms with van der Waals surface area (Å²) in [6, 6.07) is 4.01.